The molecule has 3 amide bonds. The number of amides is 3. The normalized spacial score (nSPS) is 16.8. The van der Waals surface area contributed by atoms with Gasteiger partial charge in [0.25, 0.3) is 5.56 Å². The molecular weight excluding hydrogens is 921 g/mol. The minimum absolute atomic E-state index is 0.0300. The van der Waals surface area contributed by atoms with Crippen molar-refractivity contribution in [3.63, 3.8) is 0 Å². The largest absolute Gasteiger partial charge is 0.444 e. The molecule has 15 nitrogen and oxygen atoms in total. The van der Waals surface area contributed by atoms with Gasteiger partial charge in [0.2, 0.25) is 5.91 Å². The number of piperazine rings is 1. The van der Waals surface area contributed by atoms with Crippen molar-refractivity contribution in [3.8, 4) is 0 Å². The van der Waals surface area contributed by atoms with Crippen molar-refractivity contribution in [2.24, 2.45) is 0 Å². The van der Waals surface area contributed by atoms with Crippen LogP contribution in [0.5, 0.6) is 0 Å². The molecule has 0 spiro atoms. The number of nitrogens with zero attached hydrogens (tertiary/aromatic N) is 7. The monoisotopic (exact) mass is 1010 g/mol. The van der Waals surface area contributed by atoms with Crippen molar-refractivity contribution in [3.05, 3.63) is 75.7 Å². The van der Waals surface area contributed by atoms with Crippen LogP contribution in [-0.2, 0) is 43.7 Å². The molecule has 2 aromatic carbocycles. The van der Waals surface area contributed by atoms with Crippen molar-refractivity contribution in [1.82, 2.24) is 39.3 Å². The van der Waals surface area contributed by atoms with E-state index in [2.05, 4.69) is 41.1 Å². The van der Waals surface area contributed by atoms with Gasteiger partial charge in [0, 0.05) is 75.5 Å². The standard InChI is InChI=1S/C58H86N8O7/c1-5-7-9-11-13-15-17-23-53(67)72-42-65-52-22-20-19-21-47(52)40-50(56(65)69)46-25-31-64(32-26-46)58(71)60-51(57(70)63-35-33-62(34-36-63)49-27-29-61(4)30-28-49)39-45-37-44(3)55-48(38-45)41-59-66(55)43-73-54(68)24-18-16-14-12-10-8-6-2/h19-22,37-38,40-41,46,49,51H,5-18,23-36,39,42-43H2,1-4H3,(H,60,71)/t51-/m1/s1. The Morgan fingerprint density at radius 1 is 0.685 bits per heavy atom. The number of fused-ring (bicyclic) bond motifs is 2. The number of esters is 2. The van der Waals surface area contributed by atoms with Crippen LogP contribution >= 0.6 is 0 Å². The van der Waals surface area contributed by atoms with E-state index in [1.807, 2.05) is 54.3 Å². The molecule has 0 aliphatic carbocycles. The molecule has 3 aliphatic heterocycles. The molecule has 0 radical (unpaired) electrons. The SMILES string of the molecule is CCCCCCCCCC(=O)OCn1ncc2cc(C[C@@H](NC(=O)N3CCC(c4cc5ccccc5n(COC(=O)CCCCCCCCC)c4=O)CC3)C(=O)N3CCN(C4CCN(C)CC4)CC3)cc(C)c21. The highest BCUT2D eigenvalue weighted by Crippen LogP contribution is 2.29. The van der Waals surface area contributed by atoms with E-state index in [1.54, 1.807) is 20.3 Å². The number of pyridine rings is 1. The number of carbonyl (C=O) groups is 4. The average molecular weight is 1010 g/mol. The summed E-state index contributed by atoms with van der Waals surface area (Å²) in [5.41, 5.74) is 3.90. The zero-order valence-corrected chi connectivity index (χ0v) is 44.8. The lowest BCUT2D eigenvalue weighted by Gasteiger charge is -2.43. The number of aromatic nitrogens is 3. The molecule has 4 aromatic rings. The van der Waals surface area contributed by atoms with Crippen molar-refractivity contribution < 1.29 is 28.7 Å². The molecule has 3 saturated heterocycles. The number of urea groups is 1. The Bertz CT molecular complexity index is 2460. The molecule has 3 fully saturated rings. The lowest BCUT2D eigenvalue weighted by atomic mass is 9.89. The smallest absolute Gasteiger partial charge is 0.318 e. The van der Waals surface area contributed by atoms with Gasteiger partial charge in [-0.15, -0.1) is 0 Å². The summed E-state index contributed by atoms with van der Waals surface area (Å²) >= 11 is 0. The number of piperidine rings is 2. The molecule has 1 N–H and O–H groups in total. The summed E-state index contributed by atoms with van der Waals surface area (Å²) in [4.78, 5) is 77.3. The topological polar surface area (TPSA) is 152 Å². The summed E-state index contributed by atoms with van der Waals surface area (Å²) in [5.74, 6) is -0.706. The lowest BCUT2D eigenvalue weighted by molar-refractivity contribution is -0.148. The average Bonchev–Trinajstić information content (AvgIpc) is 3.82. The minimum atomic E-state index is -0.805. The van der Waals surface area contributed by atoms with Crippen LogP contribution in [0.2, 0.25) is 0 Å². The van der Waals surface area contributed by atoms with Crippen LogP contribution in [0.1, 0.15) is 165 Å². The second-order valence-electron chi connectivity index (χ2n) is 21.3. The van der Waals surface area contributed by atoms with Crippen LogP contribution in [0.15, 0.2) is 53.5 Å². The van der Waals surface area contributed by atoms with E-state index in [0.717, 1.165) is 105 Å². The number of benzene rings is 2. The molecule has 73 heavy (non-hydrogen) atoms. The Morgan fingerprint density at radius 2 is 1.29 bits per heavy atom. The quantitative estimate of drug-likeness (QED) is 0.0476. The molecule has 7 rings (SSSR count). The van der Waals surface area contributed by atoms with Gasteiger partial charge in [-0.2, -0.15) is 5.10 Å². The number of aryl methyl sites for hydroxylation is 1. The van der Waals surface area contributed by atoms with Crippen molar-refractivity contribution in [1.29, 1.82) is 0 Å². The van der Waals surface area contributed by atoms with Crippen LogP contribution in [0.25, 0.3) is 21.8 Å². The van der Waals surface area contributed by atoms with E-state index in [-0.39, 0.29) is 48.8 Å². The number of hydrogen-bond acceptors (Lipinski definition) is 10. The fourth-order valence-corrected chi connectivity index (χ4v) is 11.3. The maximum Gasteiger partial charge on any atom is 0.318 e. The van der Waals surface area contributed by atoms with Crippen LogP contribution in [0.4, 0.5) is 4.79 Å². The van der Waals surface area contributed by atoms with E-state index in [1.165, 1.54) is 51.4 Å². The Hall–Kier alpha value is -5.28. The first-order valence-electron chi connectivity index (χ1n) is 28.2. The van der Waals surface area contributed by atoms with Crippen molar-refractivity contribution in [2.75, 3.05) is 59.4 Å². The predicted octanol–water partition coefficient (Wildman–Crippen LogP) is 9.68. The summed E-state index contributed by atoms with van der Waals surface area (Å²) in [6, 6.07) is 13.1. The van der Waals surface area contributed by atoms with Gasteiger partial charge in [0.15, 0.2) is 13.5 Å². The number of nitrogens with one attached hydrogen (secondary N) is 1. The third-order valence-corrected chi connectivity index (χ3v) is 15.8. The lowest BCUT2D eigenvalue weighted by Crippen LogP contribution is -2.59. The Balaban J connectivity index is 0.987. The first kappa shape index (κ1) is 55.5. The molecule has 0 unspecified atom stereocenters. The fraction of sp³-hybridized carbons (Fsp3) is 0.655. The van der Waals surface area contributed by atoms with Gasteiger partial charge < -0.3 is 29.5 Å². The van der Waals surface area contributed by atoms with Crippen LogP contribution < -0.4 is 10.9 Å². The third-order valence-electron chi connectivity index (χ3n) is 15.8. The van der Waals surface area contributed by atoms with Gasteiger partial charge in [-0.3, -0.25) is 28.6 Å². The van der Waals surface area contributed by atoms with Crippen LogP contribution in [0, 0.1) is 6.92 Å². The summed E-state index contributed by atoms with van der Waals surface area (Å²) in [5, 5.41) is 9.54. The molecule has 5 heterocycles. The van der Waals surface area contributed by atoms with Gasteiger partial charge in [0.1, 0.15) is 6.04 Å². The number of hydrogen-bond donors (Lipinski definition) is 1. The number of carbonyl (C=O) groups excluding carboxylic acids is 4. The van der Waals surface area contributed by atoms with E-state index in [4.69, 9.17) is 9.47 Å². The van der Waals surface area contributed by atoms with E-state index >= 15 is 0 Å². The van der Waals surface area contributed by atoms with Gasteiger partial charge in [-0.05, 0) is 106 Å². The molecule has 400 valence electrons. The Kier molecular flexibility index (Phi) is 21.6. The summed E-state index contributed by atoms with van der Waals surface area (Å²) in [7, 11) is 2.17. The number of para-hydroxylation sites is 1. The molecular formula is C58H86N8O7. The molecule has 15 heteroatoms. The highest BCUT2D eigenvalue weighted by atomic mass is 16.5. The molecule has 0 saturated carbocycles. The highest BCUT2D eigenvalue weighted by Gasteiger charge is 2.34. The summed E-state index contributed by atoms with van der Waals surface area (Å²) < 4.78 is 14.7. The Morgan fingerprint density at radius 3 is 1.93 bits per heavy atom. The van der Waals surface area contributed by atoms with Crippen LogP contribution in [-0.4, -0.2) is 129 Å². The molecule has 2 aromatic heterocycles. The zero-order valence-electron chi connectivity index (χ0n) is 44.8. The van der Waals surface area contributed by atoms with Gasteiger partial charge in [0.05, 0.1) is 17.2 Å². The van der Waals surface area contributed by atoms with Crippen LogP contribution in [0.3, 0.4) is 0 Å². The van der Waals surface area contributed by atoms with Gasteiger partial charge >= 0.3 is 18.0 Å². The first-order valence-corrected chi connectivity index (χ1v) is 28.2. The Labute approximate surface area is 434 Å². The first-order chi connectivity index (χ1) is 35.5. The molecule has 3 aliphatic rings. The van der Waals surface area contributed by atoms with Crippen molar-refractivity contribution >= 4 is 45.7 Å². The van der Waals surface area contributed by atoms with Gasteiger partial charge in [-0.1, -0.05) is 115 Å². The van der Waals surface area contributed by atoms with E-state index in [9.17, 15) is 24.0 Å². The van der Waals surface area contributed by atoms with E-state index < -0.39 is 6.04 Å². The second kappa shape index (κ2) is 28.4. The predicted molar refractivity (Wildman–Crippen MR) is 288 cm³/mol. The summed E-state index contributed by atoms with van der Waals surface area (Å²) in [6.45, 7) is 12.1. The molecule has 0 bridgehead atoms. The van der Waals surface area contributed by atoms with Crippen molar-refractivity contribution in [2.45, 2.75) is 187 Å². The maximum absolute atomic E-state index is 14.7. The van der Waals surface area contributed by atoms with Gasteiger partial charge in [-0.25, -0.2) is 9.48 Å². The number of rotatable bonds is 26. The highest BCUT2D eigenvalue weighted by molar-refractivity contribution is 5.88. The zero-order chi connectivity index (χ0) is 51.5. The third kappa shape index (κ3) is 15.9. The minimum Gasteiger partial charge on any atom is -0.444 e. The second-order valence-corrected chi connectivity index (χ2v) is 21.3. The number of likely N-dealkylation sites (tertiary alicyclic amines) is 2. The number of unbranched alkanes of at least 4 members (excludes halogenated alkanes) is 12. The number of ether oxygens (including phenoxy) is 2. The fourth-order valence-electron chi connectivity index (χ4n) is 11.3. The summed E-state index contributed by atoms with van der Waals surface area (Å²) in [6.07, 6.45) is 21.9. The maximum atomic E-state index is 14.7. The van der Waals surface area contributed by atoms with E-state index in [0.29, 0.717) is 75.4 Å². The molecule has 1 atom stereocenters.